The van der Waals surface area contributed by atoms with Crippen molar-refractivity contribution in [1.82, 2.24) is 0 Å². The van der Waals surface area contributed by atoms with Crippen LogP contribution in [0, 0.1) is 11.2 Å². The number of methoxy groups -OCH3 is 1. The molecule has 196 valence electrons. The molecule has 3 aromatic carbocycles. The van der Waals surface area contributed by atoms with Crippen LogP contribution in [0.2, 0.25) is 0 Å². The standard InChI is InChI=1S/C30H33FO6/c1-30(2)12-5-13-36-29(30)25-14-19(8-10-23(25)24-16-21(35-3)9-11-26(24)31)18-37-22-7-4-6-20(15-22)27(32)17-28(33)34/h4,6-11,14-16,27,29,32H,5,12-13,17-18H2,1-3H3,(H,33,34)/t27-,29+/m1/s1. The van der Waals surface area contributed by atoms with Crippen molar-refractivity contribution in [2.75, 3.05) is 13.7 Å². The fourth-order valence-corrected chi connectivity index (χ4v) is 4.86. The third-order valence-corrected chi connectivity index (χ3v) is 6.84. The molecule has 0 aromatic heterocycles. The summed E-state index contributed by atoms with van der Waals surface area (Å²) in [5.74, 6) is -0.327. The molecule has 0 aliphatic carbocycles. The number of hydrogen-bond acceptors (Lipinski definition) is 5. The van der Waals surface area contributed by atoms with Crippen LogP contribution in [0.15, 0.2) is 60.7 Å². The lowest BCUT2D eigenvalue weighted by atomic mass is 9.75. The largest absolute Gasteiger partial charge is 0.497 e. The molecular formula is C30H33FO6. The number of benzene rings is 3. The second kappa shape index (κ2) is 11.3. The maximum atomic E-state index is 15.0. The summed E-state index contributed by atoms with van der Waals surface area (Å²) in [5, 5.41) is 19.1. The summed E-state index contributed by atoms with van der Waals surface area (Å²) in [6, 6.07) is 17.3. The number of carboxylic acids is 1. The number of carbonyl (C=O) groups is 1. The van der Waals surface area contributed by atoms with Crippen LogP contribution >= 0.6 is 0 Å². The molecule has 4 rings (SSSR count). The number of carboxylic acid groups (broad SMARTS) is 1. The molecule has 2 atom stereocenters. The van der Waals surface area contributed by atoms with Crippen LogP contribution in [0.1, 0.15) is 62.0 Å². The smallest absolute Gasteiger partial charge is 0.306 e. The molecule has 1 saturated heterocycles. The number of aliphatic hydroxyl groups excluding tert-OH is 1. The van der Waals surface area contributed by atoms with Crippen LogP contribution in [-0.2, 0) is 16.1 Å². The van der Waals surface area contributed by atoms with Gasteiger partial charge in [0.05, 0.1) is 25.7 Å². The maximum absolute atomic E-state index is 15.0. The molecule has 6 nitrogen and oxygen atoms in total. The summed E-state index contributed by atoms with van der Waals surface area (Å²) in [6.45, 7) is 5.21. The van der Waals surface area contributed by atoms with Crippen molar-refractivity contribution in [3.8, 4) is 22.6 Å². The van der Waals surface area contributed by atoms with E-state index in [4.69, 9.17) is 19.3 Å². The topological polar surface area (TPSA) is 85.2 Å². The first kappa shape index (κ1) is 26.6. The molecule has 37 heavy (non-hydrogen) atoms. The minimum atomic E-state index is -1.12. The first-order valence-electron chi connectivity index (χ1n) is 12.4. The molecule has 0 radical (unpaired) electrons. The second-order valence-electron chi connectivity index (χ2n) is 10.1. The van der Waals surface area contributed by atoms with Crippen molar-refractivity contribution in [3.63, 3.8) is 0 Å². The van der Waals surface area contributed by atoms with Gasteiger partial charge in [0.2, 0.25) is 0 Å². The number of aliphatic hydroxyl groups is 1. The van der Waals surface area contributed by atoms with Gasteiger partial charge in [-0.1, -0.05) is 38.1 Å². The molecule has 2 N–H and O–H groups in total. The Morgan fingerprint density at radius 3 is 2.65 bits per heavy atom. The van der Waals surface area contributed by atoms with Gasteiger partial charge in [0.1, 0.15) is 23.9 Å². The minimum Gasteiger partial charge on any atom is -0.497 e. The predicted molar refractivity (Wildman–Crippen MR) is 138 cm³/mol. The highest BCUT2D eigenvalue weighted by Gasteiger charge is 2.36. The normalized spacial score (nSPS) is 17.7. The van der Waals surface area contributed by atoms with Crippen LogP contribution in [0.4, 0.5) is 4.39 Å². The van der Waals surface area contributed by atoms with Gasteiger partial charge in [-0.2, -0.15) is 0 Å². The van der Waals surface area contributed by atoms with Crippen molar-refractivity contribution in [1.29, 1.82) is 0 Å². The van der Waals surface area contributed by atoms with E-state index in [-0.39, 0.29) is 30.4 Å². The zero-order chi connectivity index (χ0) is 26.6. The lowest BCUT2D eigenvalue weighted by Crippen LogP contribution is -2.30. The van der Waals surface area contributed by atoms with Gasteiger partial charge in [-0.25, -0.2) is 4.39 Å². The summed E-state index contributed by atoms with van der Waals surface area (Å²) >= 11 is 0. The van der Waals surface area contributed by atoms with Crippen molar-refractivity contribution in [2.45, 2.75) is 51.9 Å². The summed E-state index contributed by atoms with van der Waals surface area (Å²) in [6.07, 6.45) is 0.238. The molecule has 1 fully saturated rings. The number of halogens is 1. The van der Waals surface area contributed by atoms with Crippen molar-refractivity contribution in [3.05, 3.63) is 83.2 Å². The number of hydrogen-bond donors (Lipinski definition) is 2. The van der Waals surface area contributed by atoms with Crippen LogP contribution in [0.5, 0.6) is 11.5 Å². The van der Waals surface area contributed by atoms with Gasteiger partial charge in [0, 0.05) is 12.2 Å². The van der Waals surface area contributed by atoms with E-state index >= 15 is 4.39 Å². The van der Waals surface area contributed by atoms with Crippen molar-refractivity contribution < 1.29 is 33.6 Å². The van der Waals surface area contributed by atoms with Crippen molar-refractivity contribution >= 4 is 5.97 Å². The van der Waals surface area contributed by atoms with Gasteiger partial charge in [-0.3, -0.25) is 4.79 Å². The molecule has 1 aliphatic rings. The summed E-state index contributed by atoms with van der Waals surface area (Å²) in [4.78, 5) is 10.9. The minimum absolute atomic E-state index is 0.142. The van der Waals surface area contributed by atoms with E-state index in [1.165, 1.54) is 6.07 Å². The van der Waals surface area contributed by atoms with E-state index in [1.54, 1.807) is 43.5 Å². The quantitative estimate of drug-likeness (QED) is 0.345. The van der Waals surface area contributed by atoms with Gasteiger partial charge in [-0.15, -0.1) is 0 Å². The molecule has 7 heteroatoms. The Bertz CT molecular complexity index is 1250. The van der Waals surface area contributed by atoms with Gasteiger partial charge >= 0.3 is 5.97 Å². The first-order chi connectivity index (χ1) is 17.7. The first-order valence-corrected chi connectivity index (χ1v) is 12.4. The van der Waals surface area contributed by atoms with Gasteiger partial charge in [0.25, 0.3) is 0 Å². The van der Waals surface area contributed by atoms with E-state index in [9.17, 15) is 9.90 Å². The van der Waals surface area contributed by atoms with E-state index in [0.717, 1.165) is 29.5 Å². The number of rotatable bonds is 9. The molecule has 0 saturated carbocycles. The van der Waals surface area contributed by atoms with E-state index in [2.05, 4.69) is 13.8 Å². The maximum Gasteiger partial charge on any atom is 0.306 e. The number of aliphatic carboxylic acids is 1. The van der Waals surface area contributed by atoms with Crippen LogP contribution in [-0.4, -0.2) is 29.9 Å². The van der Waals surface area contributed by atoms with Gasteiger partial charge in [0.15, 0.2) is 0 Å². The Morgan fingerprint density at radius 2 is 1.92 bits per heavy atom. The molecule has 0 amide bonds. The van der Waals surface area contributed by atoms with Gasteiger partial charge in [-0.05, 0) is 76.9 Å². The molecule has 0 spiro atoms. The highest BCUT2D eigenvalue weighted by molar-refractivity contribution is 5.71. The fourth-order valence-electron chi connectivity index (χ4n) is 4.86. The second-order valence-corrected chi connectivity index (χ2v) is 10.1. The Labute approximate surface area is 216 Å². The Hall–Kier alpha value is -3.42. The SMILES string of the molecule is COc1ccc(F)c(-c2ccc(COc3cccc([C@H](O)CC(=O)O)c3)cc2[C@@H]2OCCCC2(C)C)c1. The summed E-state index contributed by atoms with van der Waals surface area (Å²) in [7, 11) is 1.56. The average Bonchev–Trinajstić information content (AvgIpc) is 2.87. The lowest BCUT2D eigenvalue weighted by molar-refractivity contribution is -0.139. The highest BCUT2D eigenvalue weighted by Crippen LogP contribution is 2.47. The van der Waals surface area contributed by atoms with E-state index in [0.29, 0.717) is 29.2 Å². The van der Waals surface area contributed by atoms with Gasteiger partial charge < -0.3 is 24.4 Å². The van der Waals surface area contributed by atoms with E-state index in [1.807, 2.05) is 18.2 Å². The highest BCUT2D eigenvalue weighted by atomic mass is 19.1. The van der Waals surface area contributed by atoms with Crippen LogP contribution in [0.3, 0.4) is 0 Å². The third-order valence-electron chi connectivity index (χ3n) is 6.84. The summed E-state index contributed by atoms with van der Waals surface area (Å²) in [5.41, 5.74) is 3.30. The van der Waals surface area contributed by atoms with Crippen molar-refractivity contribution in [2.24, 2.45) is 5.41 Å². The zero-order valence-electron chi connectivity index (χ0n) is 21.4. The number of ether oxygens (including phenoxy) is 3. The Balaban J connectivity index is 1.66. The third kappa shape index (κ3) is 6.29. The van der Waals surface area contributed by atoms with Crippen LogP contribution < -0.4 is 9.47 Å². The lowest BCUT2D eigenvalue weighted by Gasteiger charge is -2.39. The zero-order valence-corrected chi connectivity index (χ0v) is 21.4. The molecule has 0 bridgehead atoms. The average molecular weight is 509 g/mol. The van der Waals surface area contributed by atoms with Crippen LogP contribution in [0.25, 0.3) is 11.1 Å². The summed E-state index contributed by atoms with van der Waals surface area (Å²) < 4.78 is 32.6. The monoisotopic (exact) mass is 508 g/mol. The Morgan fingerprint density at radius 1 is 1.11 bits per heavy atom. The molecule has 3 aromatic rings. The molecule has 1 heterocycles. The molecule has 0 unspecified atom stereocenters. The Kier molecular flexibility index (Phi) is 8.15. The van der Waals surface area contributed by atoms with E-state index < -0.39 is 12.1 Å². The molecular weight excluding hydrogens is 475 g/mol. The molecule has 1 aliphatic heterocycles. The predicted octanol–water partition coefficient (Wildman–Crippen LogP) is 6.47. The fraction of sp³-hybridized carbons (Fsp3) is 0.367.